The predicted octanol–water partition coefficient (Wildman–Crippen LogP) is 2.67. The summed E-state index contributed by atoms with van der Waals surface area (Å²) in [5, 5.41) is 14.4. The smallest absolute Gasteiger partial charge is 0.255 e. The fourth-order valence-corrected chi connectivity index (χ4v) is 3.52. The summed E-state index contributed by atoms with van der Waals surface area (Å²) in [5.74, 6) is -0.146. The highest BCUT2D eigenvalue weighted by Crippen LogP contribution is 2.39. The number of benzene rings is 1. The minimum absolute atomic E-state index is 0.0536. The van der Waals surface area contributed by atoms with Crippen LogP contribution in [-0.2, 0) is 6.42 Å². The van der Waals surface area contributed by atoms with Crippen molar-refractivity contribution < 1.29 is 14.7 Å². The molecule has 0 radical (unpaired) electrons. The molecule has 1 aliphatic heterocycles. The summed E-state index contributed by atoms with van der Waals surface area (Å²) in [4.78, 5) is 29.1. The highest BCUT2D eigenvalue weighted by atomic mass is 16.4. The van der Waals surface area contributed by atoms with Crippen molar-refractivity contribution in [1.29, 1.82) is 0 Å². The Hall–Kier alpha value is -2.89. The highest BCUT2D eigenvalue weighted by molar-refractivity contribution is 6.04. The number of pyridine rings is 1. The van der Waals surface area contributed by atoms with Crippen molar-refractivity contribution in [2.75, 3.05) is 18.4 Å². The van der Waals surface area contributed by atoms with Gasteiger partial charge in [0.15, 0.2) is 0 Å². The van der Waals surface area contributed by atoms with Gasteiger partial charge in [0.1, 0.15) is 6.09 Å². The van der Waals surface area contributed by atoms with E-state index in [9.17, 15) is 14.7 Å². The van der Waals surface area contributed by atoms with Gasteiger partial charge in [-0.3, -0.25) is 9.78 Å². The van der Waals surface area contributed by atoms with Crippen LogP contribution in [0.4, 0.5) is 10.5 Å². The first-order chi connectivity index (χ1) is 12.8. The van der Waals surface area contributed by atoms with E-state index in [-0.39, 0.29) is 17.2 Å². The maximum atomic E-state index is 12.4. The molecule has 1 unspecified atom stereocenters. The molecule has 0 saturated carbocycles. The van der Waals surface area contributed by atoms with Crippen molar-refractivity contribution in [2.45, 2.75) is 33.1 Å². The van der Waals surface area contributed by atoms with Gasteiger partial charge in [0.25, 0.3) is 5.91 Å². The normalized spacial score (nSPS) is 17.0. The molecule has 1 atom stereocenters. The van der Waals surface area contributed by atoms with Gasteiger partial charge in [0.2, 0.25) is 0 Å². The Labute approximate surface area is 159 Å². The summed E-state index contributed by atoms with van der Waals surface area (Å²) >= 11 is 0. The molecule has 1 aromatic carbocycles. The van der Waals surface area contributed by atoms with Crippen LogP contribution >= 0.6 is 0 Å². The number of amides is 2. The van der Waals surface area contributed by atoms with Crippen molar-refractivity contribution in [3.05, 3.63) is 59.4 Å². The summed E-state index contributed by atoms with van der Waals surface area (Å²) in [7, 11) is 0. The van der Waals surface area contributed by atoms with Crippen LogP contribution in [0.25, 0.3) is 0 Å². The molecule has 0 saturated heterocycles. The summed E-state index contributed by atoms with van der Waals surface area (Å²) in [6, 6.07) is 9.15. The minimum atomic E-state index is -1.14. The number of carboxylic acid groups (broad SMARTS) is 1. The third-order valence-electron chi connectivity index (χ3n) is 5.08. The molecule has 142 valence electrons. The molecule has 0 spiro atoms. The van der Waals surface area contributed by atoms with E-state index in [1.54, 1.807) is 24.5 Å². The Morgan fingerprint density at radius 1 is 1.19 bits per heavy atom. The van der Waals surface area contributed by atoms with E-state index < -0.39 is 6.09 Å². The molecule has 1 aromatic heterocycles. The number of hydrogen-bond acceptors (Lipinski definition) is 4. The average Bonchev–Trinajstić information content (AvgIpc) is 2.82. The minimum Gasteiger partial charge on any atom is -0.530 e. The standard InChI is InChI=1S/C21H25N3O3/c1-21(2,3)18-13-24(20(26)27)11-8-15-12-16(4-5-17(15)18)23-19(25)14-6-9-22-10-7-14/h4-7,9-10,12,18H,8,11,13H2,1-3H3,(H,23,25)(H,26,27)/p-1. The van der Waals surface area contributed by atoms with Crippen LogP contribution < -0.4 is 10.4 Å². The first kappa shape index (κ1) is 18.9. The monoisotopic (exact) mass is 366 g/mol. The van der Waals surface area contributed by atoms with Crippen LogP contribution in [0.3, 0.4) is 0 Å². The summed E-state index contributed by atoms with van der Waals surface area (Å²) in [6.45, 7) is 7.14. The molecular formula is C21H24N3O3-. The van der Waals surface area contributed by atoms with E-state index in [0.717, 1.165) is 11.1 Å². The second kappa shape index (κ2) is 7.39. The fourth-order valence-electron chi connectivity index (χ4n) is 3.52. The summed E-state index contributed by atoms with van der Waals surface area (Å²) in [5.41, 5.74) is 3.33. The maximum absolute atomic E-state index is 12.4. The van der Waals surface area contributed by atoms with Gasteiger partial charge in [-0.15, -0.1) is 0 Å². The van der Waals surface area contributed by atoms with Crippen LogP contribution in [0.15, 0.2) is 42.7 Å². The fraction of sp³-hybridized carbons (Fsp3) is 0.381. The van der Waals surface area contributed by atoms with E-state index >= 15 is 0 Å². The number of fused-ring (bicyclic) bond motifs is 1. The number of carbonyl (C=O) groups excluding carboxylic acids is 2. The van der Waals surface area contributed by atoms with Crippen molar-refractivity contribution in [1.82, 2.24) is 9.88 Å². The molecule has 0 bridgehead atoms. The van der Waals surface area contributed by atoms with E-state index in [0.29, 0.717) is 30.8 Å². The van der Waals surface area contributed by atoms with Gasteiger partial charge in [-0.1, -0.05) is 26.8 Å². The van der Waals surface area contributed by atoms with Crippen molar-refractivity contribution in [3.8, 4) is 0 Å². The van der Waals surface area contributed by atoms with Gasteiger partial charge in [-0.2, -0.15) is 0 Å². The quantitative estimate of drug-likeness (QED) is 0.885. The lowest BCUT2D eigenvalue weighted by atomic mass is 9.75. The molecule has 1 N–H and O–H groups in total. The van der Waals surface area contributed by atoms with Gasteiger partial charge < -0.3 is 20.1 Å². The van der Waals surface area contributed by atoms with E-state index in [1.165, 1.54) is 4.90 Å². The van der Waals surface area contributed by atoms with Crippen molar-refractivity contribution in [2.24, 2.45) is 5.41 Å². The molecular weight excluding hydrogens is 342 g/mol. The zero-order valence-electron chi connectivity index (χ0n) is 15.9. The Balaban J connectivity index is 1.89. The lowest BCUT2D eigenvalue weighted by Gasteiger charge is -2.35. The van der Waals surface area contributed by atoms with Gasteiger partial charge >= 0.3 is 0 Å². The predicted molar refractivity (Wildman–Crippen MR) is 102 cm³/mol. The molecule has 0 aliphatic carbocycles. The number of hydrogen-bond donors (Lipinski definition) is 1. The van der Waals surface area contributed by atoms with Crippen LogP contribution in [0.5, 0.6) is 0 Å². The van der Waals surface area contributed by atoms with Crippen molar-refractivity contribution >= 4 is 17.7 Å². The molecule has 6 heteroatoms. The van der Waals surface area contributed by atoms with Crippen LogP contribution in [0.1, 0.15) is 48.2 Å². The van der Waals surface area contributed by atoms with Crippen LogP contribution in [-0.4, -0.2) is 35.0 Å². The second-order valence-corrected chi connectivity index (χ2v) is 7.98. The van der Waals surface area contributed by atoms with E-state index in [1.807, 2.05) is 18.2 Å². The Kier molecular flexibility index (Phi) is 5.17. The van der Waals surface area contributed by atoms with Gasteiger partial charge in [-0.05, 0) is 47.2 Å². The first-order valence-electron chi connectivity index (χ1n) is 9.06. The largest absolute Gasteiger partial charge is 0.530 e. The van der Waals surface area contributed by atoms with Crippen LogP contribution in [0.2, 0.25) is 0 Å². The number of nitrogens with zero attached hydrogens (tertiary/aromatic N) is 2. The van der Waals surface area contributed by atoms with Gasteiger partial charge in [0, 0.05) is 42.7 Å². The van der Waals surface area contributed by atoms with Gasteiger partial charge in [-0.25, -0.2) is 0 Å². The molecule has 2 heterocycles. The third kappa shape index (κ3) is 4.27. The lowest BCUT2D eigenvalue weighted by molar-refractivity contribution is -0.265. The highest BCUT2D eigenvalue weighted by Gasteiger charge is 2.32. The number of anilines is 1. The second-order valence-electron chi connectivity index (χ2n) is 7.98. The molecule has 6 nitrogen and oxygen atoms in total. The number of nitrogens with one attached hydrogen (secondary N) is 1. The number of carbonyl (C=O) groups is 2. The zero-order chi connectivity index (χ0) is 19.6. The lowest BCUT2D eigenvalue weighted by Crippen LogP contribution is -2.44. The average molecular weight is 366 g/mol. The molecule has 1 aliphatic rings. The SMILES string of the molecule is CC(C)(C)C1CN(C(=O)[O-])CCc2cc(NC(=O)c3ccncc3)ccc21. The Bertz CT molecular complexity index is 843. The number of rotatable bonds is 2. The Morgan fingerprint density at radius 3 is 2.52 bits per heavy atom. The molecule has 0 fully saturated rings. The van der Waals surface area contributed by atoms with Crippen LogP contribution in [0, 0.1) is 5.41 Å². The first-order valence-corrected chi connectivity index (χ1v) is 9.06. The van der Waals surface area contributed by atoms with Gasteiger partial charge in [0.05, 0.1) is 0 Å². The maximum Gasteiger partial charge on any atom is 0.255 e. The molecule has 2 amide bonds. The topological polar surface area (TPSA) is 85.4 Å². The van der Waals surface area contributed by atoms with E-state index in [2.05, 4.69) is 31.1 Å². The van der Waals surface area contributed by atoms with E-state index in [4.69, 9.17) is 0 Å². The number of aromatic nitrogens is 1. The molecule has 27 heavy (non-hydrogen) atoms. The zero-order valence-corrected chi connectivity index (χ0v) is 15.9. The molecule has 2 aromatic rings. The summed E-state index contributed by atoms with van der Waals surface area (Å²) < 4.78 is 0. The summed E-state index contributed by atoms with van der Waals surface area (Å²) in [6.07, 6.45) is 2.61. The molecule has 3 rings (SSSR count). The van der Waals surface area contributed by atoms with Crippen molar-refractivity contribution in [3.63, 3.8) is 0 Å². The Morgan fingerprint density at radius 2 is 1.89 bits per heavy atom. The third-order valence-corrected chi connectivity index (χ3v) is 5.08.